The highest BCUT2D eigenvalue weighted by Crippen LogP contribution is 2.34. The van der Waals surface area contributed by atoms with E-state index in [4.69, 9.17) is 0 Å². The van der Waals surface area contributed by atoms with Crippen LogP contribution in [0.25, 0.3) is 11.4 Å². The van der Waals surface area contributed by atoms with Crippen molar-refractivity contribution in [3.05, 3.63) is 42.7 Å². The predicted octanol–water partition coefficient (Wildman–Crippen LogP) is 5.07. The summed E-state index contributed by atoms with van der Waals surface area (Å²) in [5.41, 5.74) is 1.46. The lowest BCUT2D eigenvalue weighted by molar-refractivity contribution is 0.233. The van der Waals surface area contributed by atoms with Gasteiger partial charge in [-0.3, -0.25) is 0 Å². The third-order valence-corrected chi connectivity index (χ3v) is 4.82. The maximum atomic E-state index is 4.67. The molecule has 21 heavy (non-hydrogen) atoms. The Morgan fingerprint density at radius 3 is 2.33 bits per heavy atom. The molecule has 0 saturated carbocycles. The fourth-order valence-corrected chi connectivity index (χ4v) is 3.61. The first kappa shape index (κ1) is 16.2. The average Bonchev–Trinajstić information content (AvgIpc) is 2.96. The number of hydrogen-bond acceptors (Lipinski definition) is 2. The highest BCUT2D eigenvalue weighted by molar-refractivity contribution is 7.80. The van der Waals surface area contributed by atoms with Crippen LogP contribution in [0.15, 0.2) is 42.7 Å². The van der Waals surface area contributed by atoms with E-state index in [9.17, 15) is 0 Å². The van der Waals surface area contributed by atoms with Crippen molar-refractivity contribution in [1.29, 1.82) is 0 Å². The summed E-state index contributed by atoms with van der Waals surface area (Å²) < 4.78 is 2.30. The average molecular weight is 302 g/mol. The molecule has 0 radical (unpaired) electrons. The van der Waals surface area contributed by atoms with E-state index in [0.717, 1.165) is 18.1 Å². The molecule has 0 amide bonds. The van der Waals surface area contributed by atoms with Crippen molar-refractivity contribution >= 4 is 12.6 Å². The zero-order valence-electron chi connectivity index (χ0n) is 13.1. The molecular formula is C18H26N2S. The van der Waals surface area contributed by atoms with Crippen LogP contribution in [0.2, 0.25) is 0 Å². The fourth-order valence-electron chi connectivity index (χ4n) is 3.20. The first-order valence-corrected chi connectivity index (χ1v) is 8.55. The predicted molar refractivity (Wildman–Crippen MR) is 93.8 cm³/mol. The van der Waals surface area contributed by atoms with Crippen molar-refractivity contribution in [1.82, 2.24) is 9.55 Å². The van der Waals surface area contributed by atoms with Gasteiger partial charge in [0, 0.05) is 24.5 Å². The Labute approximate surface area is 134 Å². The molecule has 0 unspecified atom stereocenters. The van der Waals surface area contributed by atoms with Crippen molar-refractivity contribution in [3.8, 4) is 11.4 Å². The van der Waals surface area contributed by atoms with Crippen LogP contribution in [0.3, 0.4) is 0 Å². The zero-order chi connectivity index (χ0) is 15.1. The number of benzene rings is 1. The first-order chi connectivity index (χ1) is 10.2. The van der Waals surface area contributed by atoms with Gasteiger partial charge in [0.1, 0.15) is 5.82 Å². The Morgan fingerprint density at radius 1 is 1.10 bits per heavy atom. The zero-order valence-corrected chi connectivity index (χ0v) is 14.0. The summed E-state index contributed by atoms with van der Waals surface area (Å²) in [6, 6.07) is 10.4. The fraction of sp³-hybridized carbons (Fsp3) is 0.500. The topological polar surface area (TPSA) is 17.8 Å². The van der Waals surface area contributed by atoms with E-state index in [2.05, 4.69) is 66.5 Å². The Hall–Kier alpha value is -1.22. The standard InChI is InChI=1S/C18H26N2S/c1-3-10-18(15-21,11-4-2)14-20-13-12-19-17(20)16-8-6-5-7-9-16/h5-9,12-13,21H,3-4,10-11,14-15H2,1-2H3. The van der Waals surface area contributed by atoms with Crippen LogP contribution in [0.5, 0.6) is 0 Å². The number of rotatable bonds is 8. The van der Waals surface area contributed by atoms with E-state index < -0.39 is 0 Å². The van der Waals surface area contributed by atoms with E-state index in [1.54, 1.807) is 0 Å². The summed E-state index contributed by atoms with van der Waals surface area (Å²) in [5.74, 6) is 2.00. The maximum Gasteiger partial charge on any atom is 0.139 e. The SMILES string of the molecule is CCCC(CS)(CCC)Cn1ccnc1-c1ccccc1. The third kappa shape index (κ3) is 3.91. The van der Waals surface area contributed by atoms with Crippen LogP contribution < -0.4 is 0 Å². The van der Waals surface area contributed by atoms with Crippen molar-refractivity contribution < 1.29 is 0 Å². The molecule has 1 aromatic carbocycles. The van der Waals surface area contributed by atoms with Gasteiger partial charge in [0.2, 0.25) is 0 Å². The molecule has 114 valence electrons. The molecule has 2 aromatic rings. The summed E-state index contributed by atoms with van der Waals surface area (Å²) in [6.07, 6.45) is 8.86. The molecule has 3 heteroatoms. The Kier molecular flexibility index (Phi) is 5.92. The molecule has 1 heterocycles. The lowest BCUT2D eigenvalue weighted by Crippen LogP contribution is -2.29. The molecule has 2 rings (SSSR count). The summed E-state index contributed by atoms with van der Waals surface area (Å²) >= 11 is 4.67. The van der Waals surface area contributed by atoms with Crippen LogP contribution >= 0.6 is 12.6 Å². The van der Waals surface area contributed by atoms with E-state index in [0.29, 0.717) is 0 Å². The van der Waals surface area contributed by atoms with Crippen molar-refractivity contribution in [3.63, 3.8) is 0 Å². The number of aromatic nitrogens is 2. The van der Waals surface area contributed by atoms with Gasteiger partial charge >= 0.3 is 0 Å². The number of hydrogen-bond donors (Lipinski definition) is 1. The molecule has 0 saturated heterocycles. The molecule has 0 N–H and O–H groups in total. The largest absolute Gasteiger partial charge is 0.330 e. The second-order valence-corrected chi connectivity index (χ2v) is 6.22. The molecule has 1 aromatic heterocycles. The Morgan fingerprint density at radius 2 is 1.76 bits per heavy atom. The molecule has 0 atom stereocenters. The van der Waals surface area contributed by atoms with E-state index in [1.165, 1.54) is 31.2 Å². The van der Waals surface area contributed by atoms with Crippen molar-refractivity contribution in [2.24, 2.45) is 5.41 Å². The number of nitrogens with zero attached hydrogens (tertiary/aromatic N) is 2. The molecule has 0 fully saturated rings. The van der Waals surface area contributed by atoms with E-state index in [-0.39, 0.29) is 5.41 Å². The minimum Gasteiger partial charge on any atom is -0.330 e. The van der Waals surface area contributed by atoms with Crippen molar-refractivity contribution in [2.75, 3.05) is 5.75 Å². The van der Waals surface area contributed by atoms with Crippen LogP contribution in [0.1, 0.15) is 39.5 Å². The summed E-state index contributed by atoms with van der Waals surface area (Å²) in [7, 11) is 0. The normalized spacial score (nSPS) is 11.8. The van der Waals surface area contributed by atoms with Gasteiger partial charge in [-0.05, 0) is 24.0 Å². The molecular weight excluding hydrogens is 276 g/mol. The maximum absolute atomic E-state index is 4.67. The van der Waals surface area contributed by atoms with Crippen LogP contribution in [0.4, 0.5) is 0 Å². The second kappa shape index (κ2) is 7.69. The molecule has 0 aliphatic carbocycles. The minimum atomic E-state index is 0.275. The van der Waals surface area contributed by atoms with Gasteiger partial charge in [-0.1, -0.05) is 57.0 Å². The molecule has 0 bridgehead atoms. The lowest BCUT2D eigenvalue weighted by atomic mass is 9.81. The van der Waals surface area contributed by atoms with Crippen molar-refractivity contribution in [2.45, 2.75) is 46.1 Å². The lowest BCUT2D eigenvalue weighted by Gasteiger charge is -2.33. The molecule has 0 aliphatic heterocycles. The van der Waals surface area contributed by atoms with Gasteiger partial charge in [0.05, 0.1) is 0 Å². The highest BCUT2D eigenvalue weighted by Gasteiger charge is 2.28. The number of imidazole rings is 1. The minimum absolute atomic E-state index is 0.275. The van der Waals surface area contributed by atoms with Gasteiger partial charge in [-0.15, -0.1) is 0 Å². The number of thiol groups is 1. The smallest absolute Gasteiger partial charge is 0.139 e. The molecule has 2 nitrogen and oxygen atoms in total. The van der Waals surface area contributed by atoms with Gasteiger partial charge in [-0.25, -0.2) is 4.98 Å². The van der Waals surface area contributed by atoms with E-state index >= 15 is 0 Å². The quantitative estimate of drug-likeness (QED) is 0.674. The second-order valence-electron chi connectivity index (χ2n) is 5.90. The van der Waals surface area contributed by atoms with Gasteiger partial charge < -0.3 is 4.57 Å². The first-order valence-electron chi connectivity index (χ1n) is 7.92. The van der Waals surface area contributed by atoms with Gasteiger partial charge in [0.25, 0.3) is 0 Å². The van der Waals surface area contributed by atoms with E-state index in [1.807, 2.05) is 12.3 Å². The summed E-state index contributed by atoms with van der Waals surface area (Å²) in [6.45, 7) is 5.53. The van der Waals surface area contributed by atoms with Crippen LogP contribution in [-0.4, -0.2) is 15.3 Å². The Bertz CT molecular complexity index is 527. The highest BCUT2D eigenvalue weighted by atomic mass is 32.1. The van der Waals surface area contributed by atoms with Gasteiger partial charge in [0.15, 0.2) is 0 Å². The van der Waals surface area contributed by atoms with Gasteiger partial charge in [-0.2, -0.15) is 12.6 Å². The van der Waals surface area contributed by atoms with Crippen LogP contribution in [0, 0.1) is 5.41 Å². The Balaban J connectivity index is 2.28. The monoisotopic (exact) mass is 302 g/mol. The molecule has 0 aliphatic rings. The summed E-state index contributed by atoms with van der Waals surface area (Å²) in [5, 5.41) is 0. The summed E-state index contributed by atoms with van der Waals surface area (Å²) in [4.78, 5) is 4.56. The molecule has 0 spiro atoms. The third-order valence-electron chi connectivity index (χ3n) is 4.15. The van der Waals surface area contributed by atoms with Crippen LogP contribution in [-0.2, 0) is 6.54 Å².